The molecule has 0 aliphatic carbocycles. The molecule has 0 aliphatic heterocycles. The Balaban J connectivity index is 1.45. The fourth-order valence-electron chi connectivity index (χ4n) is 4.79. The molecule has 0 saturated carbocycles. The van der Waals surface area contributed by atoms with Gasteiger partial charge < -0.3 is 19.4 Å². The van der Waals surface area contributed by atoms with Crippen LogP contribution in [0.15, 0.2) is 78.4 Å². The summed E-state index contributed by atoms with van der Waals surface area (Å²) in [7, 11) is 1.51. The Morgan fingerprint density at radius 2 is 1.79 bits per heavy atom. The van der Waals surface area contributed by atoms with Crippen LogP contribution in [0.4, 0.5) is 14.5 Å². The van der Waals surface area contributed by atoms with Gasteiger partial charge in [0, 0.05) is 53.6 Å². The van der Waals surface area contributed by atoms with Gasteiger partial charge in [-0.15, -0.1) is 0 Å². The molecule has 0 atom stereocenters. The maximum absolute atomic E-state index is 15.2. The van der Waals surface area contributed by atoms with Gasteiger partial charge in [0.05, 0.1) is 12.6 Å². The first kappa shape index (κ1) is 29.1. The smallest absolute Gasteiger partial charge is 0.261 e. The summed E-state index contributed by atoms with van der Waals surface area (Å²) in [5, 5.41) is 2.61. The number of carbonyl (C=O) groups excluding carboxylic acids is 1. The number of benzene rings is 2. The molecular weight excluding hydrogens is 554 g/mol. The number of halogens is 2. The van der Waals surface area contributed by atoms with Crippen molar-refractivity contribution in [3.05, 3.63) is 112 Å². The summed E-state index contributed by atoms with van der Waals surface area (Å²) in [6.07, 6.45) is 4.51. The summed E-state index contributed by atoms with van der Waals surface area (Å²) < 4.78 is 41.8. The van der Waals surface area contributed by atoms with Crippen LogP contribution in [0.3, 0.4) is 0 Å². The fourth-order valence-corrected chi connectivity index (χ4v) is 4.79. The highest BCUT2D eigenvalue weighted by molar-refractivity contribution is 6.04. The molecule has 3 aromatic heterocycles. The number of nitrogens with one attached hydrogen (secondary N) is 1. The Morgan fingerprint density at radius 3 is 2.44 bits per heavy atom. The molecular formula is C33H28F2N4O4. The van der Waals surface area contributed by atoms with Crippen LogP contribution < -0.4 is 20.2 Å². The van der Waals surface area contributed by atoms with Crippen molar-refractivity contribution >= 4 is 28.7 Å². The number of methoxy groups -OCH3 is 1. The van der Waals surface area contributed by atoms with Gasteiger partial charge in [-0.2, -0.15) is 0 Å². The fraction of sp³-hybridized carbons (Fsp3) is 0.152. The molecule has 3 heterocycles. The Morgan fingerprint density at radius 1 is 1.05 bits per heavy atom. The standard InChI is InChI=1S/C33H28F2N4O4/c1-6-25-29(42-5)16-26-31(38-25)28(13-14-36-26)43-27-12-11-22(15-24(27)35)37-33(41)23-17-39(18(2)3)19(4)30(32(23)40)20-7-9-21(34)10-8-20/h6-18H,1H2,2-5H3,(H,37,41). The van der Waals surface area contributed by atoms with E-state index in [1.807, 2.05) is 13.8 Å². The predicted molar refractivity (Wildman–Crippen MR) is 162 cm³/mol. The minimum atomic E-state index is -0.754. The third-order valence-electron chi connectivity index (χ3n) is 6.91. The second-order valence-electron chi connectivity index (χ2n) is 10.00. The monoisotopic (exact) mass is 582 g/mol. The van der Waals surface area contributed by atoms with E-state index in [2.05, 4.69) is 21.9 Å². The van der Waals surface area contributed by atoms with E-state index in [0.717, 1.165) is 6.07 Å². The third-order valence-corrected chi connectivity index (χ3v) is 6.91. The van der Waals surface area contributed by atoms with E-state index in [-0.39, 0.29) is 34.4 Å². The van der Waals surface area contributed by atoms with Gasteiger partial charge in [-0.1, -0.05) is 18.7 Å². The van der Waals surface area contributed by atoms with E-state index in [1.54, 1.807) is 23.6 Å². The summed E-state index contributed by atoms with van der Waals surface area (Å²) in [5.74, 6) is -1.28. The van der Waals surface area contributed by atoms with Crippen molar-refractivity contribution in [1.29, 1.82) is 0 Å². The van der Waals surface area contributed by atoms with Crippen molar-refractivity contribution < 1.29 is 23.0 Å². The Kier molecular flexibility index (Phi) is 8.03. The van der Waals surface area contributed by atoms with E-state index in [9.17, 15) is 14.0 Å². The quantitative estimate of drug-likeness (QED) is 0.206. The molecule has 1 amide bonds. The molecule has 0 spiro atoms. The highest BCUT2D eigenvalue weighted by atomic mass is 19.1. The van der Waals surface area contributed by atoms with Crippen molar-refractivity contribution in [2.45, 2.75) is 26.8 Å². The van der Waals surface area contributed by atoms with Gasteiger partial charge in [-0.25, -0.2) is 13.8 Å². The molecule has 0 fully saturated rings. The van der Waals surface area contributed by atoms with E-state index >= 15 is 4.39 Å². The summed E-state index contributed by atoms with van der Waals surface area (Å²) in [6.45, 7) is 9.34. The zero-order valence-electron chi connectivity index (χ0n) is 23.9. The first-order valence-electron chi connectivity index (χ1n) is 13.4. The maximum Gasteiger partial charge on any atom is 0.261 e. The number of aromatic nitrogens is 3. The first-order chi connectivity index (χ1) is 20.6. The van der Waals surface area contributed by atoms with Gasteiger partial charge in [-0.3, -0.25) is 14.6 Å². The number of amides is 1. The van der Waals surface area contributed by atoms with Crippen LogP contribution in [0.5, 0.6) is 17.2 Å². The maximum atomic E-state index is 15.2. The molecule has 0 aliphatic rings. The van der Waals surface area contributed by atoms with E-state index in [4.69, 9.17) is 9.47 Å². The molecule has 0 saturated heterocycles. The molecule has 5 aromatic rings. The van der Waals surface area contributed by atoms with Crippen molar-refractivity contribution in [1.82, 2.24) is 14.5 Å². The molecule has 8 nitrogen and oxygen atoms in total. The lowest BCUT2D eigenvalue weighted by atomic mass is 10.00. The molecule has 218 valence electrons. The van der Waals surface area contributed by atoms with Crippen molar-refractivity contribution in [2.75, 3.05) is 12.4 Å². The highest BCUT2D eigenvalue weighted by Crippen LogP contribution is 2.33. The van der Waals surface area contributed by atoms with Crippen LogP contribution in [0.1, 0.15) is 41.6 Å². The van der Waals surface area contributed by atoms with Crippen LogP contribution in [0.2, 0.25) is 0 Å². The average Bonchev–Trinajstić information content (AvgIpc) is 2.98. The number of carbonyl (C=O) groups is 1. The van der Waals surface area contributed by atoms with Crippen LogP contribution >= 0.6 is 0 Å². The number of nitrogens with zero attached hydrogens (tertiary/aromatic N) is 3. The number of hydrogen-bond donors (Lipinski definition) is 1. The highest BCUT2D eigenvalue weighted by Gasteiger charge is 2.21. The molecule has 10 heteroatoms. The second-order valence-corrected chi connectivity index (χ2v) is 10.00. The number of hydrogen-bond acceptors (Lipinski definition) is 6. The lowest BCUT2D eigenvalue weighted by Crippen LogP contribution is -2.26. The largest absolute Gasteiger partial charge is 0.494 e. The van der Waals surface area contributed by atoms with Gasteiger partial charge in [0.1, 0.15) is 28.3 Å². The predicted octanol–water partition coefficient (Wildman–Crippen LogP) is 7.32. The minimum absolute atomic E-state index is 0.0809. The Hall–Kier alpha value is -5.38. The SMILES string of the molecule is C=Cc1nc2c(Oc3ccc(NC(=O)c4cn(C(C)C)c(C)c(-c5ccc(F)cc5)c4=O)cc3F)ccnc2cc1OC. The zero-order chi connectivity index (χ0) is 30.8. The van der Waals surface area contributed by atoms with Crippen LogP contribution in [0.25, 0.3) is 28.2 Å². The number of fused-ring (bicyclic) bond motifs is 1. The van der Waals surface area contributed by atoms with Gasteiger partial charge in [-0.05, 0) is 56.7 Å². The number of pyridine rings is 3. The van der Waals surface area contributed by atoms with Gasteiger partial charge in [0.2, 0.25) is 5.43 Å². The summed E-state index contributed by atoms with van der Waals surface area (Å²) in [6, 6.07) is 12.6. The topological polar surface area (TPSA) is 95.3 Å². The molecule has 5 rings (SSSR count). The molecule has 43 heavy (non-hydrogen) atoms. The number of rotatable bonds is 8. The lowest BCUT2D eigenvalue weighted by Gasteiger charge is -2.20. The van der Waals surface area contributed by atoms with Crippen molar-refractivity contribution in [3.8, 4) is 28.4 Å². The van der Waals surface area contributed by atoms with E-state index in [1.165, 1.54) is 62.0 Å². The molecule has 0 unspecified atom stereocenters. The Bertz CT molecular complexity index is 1940. The second kappa shape index (κ2) is 11.8. The third kappa shape index (κ3) is 5.72. The lowest BCUT2D eigenvalue weighted by molar-refractivity contribution is 0.102. The van der Waals surface area contributed by atoms with Crippen molar-refractivity contribution in [3.63, 3.8) is 0 Å². The van der Waals surface area contributed by atoms with E-state index in [0.29, 0.717) is 33.7 Å². The molecule has 2 aromatic carbocycles. The molecule has 0 radical (unpaired) electrons. The minimum Gasteiger partial charge on any atom is -0.494 e. The summed E-state index contributed by atoms with van der Waals surface area (Å²) >= 11 is 0. The molecule has 0 bridgehead atoms. The van der Waals surface area contributed by atoms with Crippen LogP contribution in [0, 0.1) is 18.6 Å². The van der Waals surface area contributed by atoms with E-state index < -0.39 is 23.0 Å². The van der Waals surface area contributed by atoms with Gasteiger partial charge >= 0.3 is 0 Å². The number of anilines is 1. The van der Waals surface area contributed by atoms with Gasteiger partial charge in [0.25, 0.3) is 5.91 Å². The summed E-state index contributed by atoms with van der Waals surface area (Å²) in [5.41, 5.74) is 2.19. The average molecular weight is 583 g/mol. The Labute approximate surface area is 246 Å². The number of ether oxygens (including phenoxy) is 2. The first-order valence-corrected chi connectivity index (χ1v) is 13.4. The van der Waals surface area contributed by atoms with Crippen LogP contribution in [-0.2, 0) is 0 Å². The zero-order valence-corrected chi connectivity index (χ0v) is 23.9. The summed E-state index contributed by atoms with van der Waals surface area (Å²) in [4.78, 5) is 35.6. The van der Waals surface area contributed by atoms with Gasteiger partial charge in [0.15, 0.2) is 17.3 Å². The molecule has 1 N–H and O–H groups in total. The van der Waals surface area contributed by atoms with Crippen LogP contribution in [-0.4, -0.2) is 27.6 Å². The normalized spacial score (nSPS) is 11.0. The van der Waals surface area contributed by atoms with Crippen molar-refractivity contribution in [2.24, 2.45) is 0 Å².